The Kier molecular flexibility index (Phi) is 6.62. The van der Waals surface area contributed by atoms with E-state index < -0.39 is 0 Å². The van der Waals surface area contributed by atoms with Gasteiger partial charge in [0.05, 0.1) is 0 Å². The molecule has 3 heteroatoms. The molecule has 134 valence electrons. The van der Waals surface area contributed by atoms with Crippen molar-refractivity contribution in [3.63, 3.8) is 0 Å². The van der Waals surface area contributed by atoms with E-state index in [1.165, 1.54) is 16.7 Å². The molecule has 0 aliphatic heterocycles. The van der Waals surface area contributed by atoms with Crippen molar-refractivity contribution < 1.29 is 4.79 Å². The number of carbonyl (C=O) groups excluding carboxylic acids is 1. The zero-order valence-electron chi connectivity index (χ0n) is 15.2. The molecule has 0 spiro atoms. The predicted molar refractivity (Wildman–Crippen MR) is 109 cm³/mol. The lowest BCUT2D eigenvalue weighted by Gasteiger charge is -2.25. The lowest BCUT2D eigenvalue weighted by molar-refractivity contribution is -0.132. The fraction of sp³-hybridized carbons (Fsp3) is 0.261. The Hall–Kier alpha value is -2.39. The molecule has 0 fully saturated rings. The molecule has 2 aromatic carbocycles. The number of nitrogens with zero attached hydrogens (tertiary/aromatic N) is 1. The number of thiophene rings is 1. The molecule has 0 aliphatic rings. The summed E-state index contributed by atoms with van der Waals surface area (Å²) in [6.45, 7) is 3.62. The summed E-state index contributed by atoms with van der Waals surface area (Å²) in [6, 6.07) is 22.8. The standard InChI is InChI=1S/C23H25NOS/c1-2-14-24(17-19-13-15-26-18-19)23(25)16-22(20-9-5-3-6-10-20)21-11-7-4-8-12-21/h3-13,15,18,22H,2,14,16-17H2,1H3. The number of amides is 1. The van der Waals surface area contributed by atoms with Gasteiger partial charge >= 0.3 is 0 Å². The molecule has 0 saturated heterocycles. The summed E-state index contributed by atoms with van der Waals surface area (Å²) in [5, 5.41) is 4.20. The minimum Gasteiger partial charge on any atom is -0.338 e. The van der Waals surface area contributed by atoms with Crippen LogP contribution in [0, 0.1) is 0 Å². The Morgan fingerprint density at radius 2 is 1.58 bits per heavy atom. The second-order valence-electron chi connectivity index (χ2n) is 6.52. The van der Waals surface area contributed by atoms with E-state index in [1.54, 1.807) is 11.3 Å². The molecule has 0 unspecified atom stereocenters. The first-order chi connectivity index (χ1) is 12.8. The minimum absolute atomic E-state index is 0.0896. The zero-order chi connectivity index (χ0) is 18.2. The van der Waals surface area contributed by atoms with E-state index in [0.29, 0.717) is 13.0 Å². The molecule has 0 atom stereocenters. The van der Waals surface area contributed by atoms with Gasteiger partial charge in [0.25, 0.3) is 0 Å². The summed E-state index contributed by atoms with van der Waals surface area (Å²) in [5.74, 6) is 0.308. The Labute approximate surface area is 160 Å². The average molecular weight is 364 g/mol. The topological polar surface area (TPSA) is 20.3 Å². The summed E-state index contributed by atoms with van der Waals surface area (Å²) in [4.78, 5) is 15.1. The van der Waals surface area contributed by atoms with E-state index in [-0.39, 0.29) is 11.8 Å². The van der Waals surface area contributed by atoms with Crippen molar-refractivity contribution in [2.75, 3.05) is 6.54 Å². The maximum absolute atomic E-state index is 13.1. The Bertz CT molecular complexity index is 744. The van der Waals surface area contributed by atoms with E-state index >= 15 is 0 Å². The van der Waals surface area contributed by atoms with Crippen LogP contribution in [0.4, 0.5) is 0 Å². The van der Waals surface area contributed by atoms with Gasteiger partial charge in [-0.3, -0.25) is 4.79 Å². The summed E-state index contributed by atoms with van der Waals surface area (Å²) in [7, 11) is 0. The predicted octanol–water partition coefficient (Wildman–Crippen LogP) is 5.71. The van der Waals surface area contributed by atoms with Gasteiger partial charge in [-0.1, -0.05) is 67.6 Å². The average Bonchev–Trinajstić information content (AvgIpc) is 3.20. The maximum atomic E-state index is 13.1. The SMILES string of the molecule is CCCN(Cc1ccsc1)C(=O)CC(c1ccccc1)c1ccccc1. The molecule has 3 aromatic rings. The molecule has 2 nitrogen and oxygen atoms in total. The van der Waals surface area contributed by atoms with Gasteiger partial charge in [0.15, 0.2) is 0 Å². The zero-order valence-corrected chi connectivity index (χ0v) is 16.0. The van der Waals surface area contributed by atoms with Crippen LogP contribution in [0.3, 0.4) is 0 Å². The van der Waals surface area contributed by atoms with E-state index in [4.69, 9.17) is 0 Å². The Morgan fingerprint density at radius 3 is 2.08 bits per heavy atom. The largest absolute Gasteiger partial charge is 0.338 e. The van der Waals surface area contributed by atoms with Crippen LogP contribution in [-0.4, -0.2) is 17.4 Å². The van der Waals surface area contributed by atoms with E-state index in [0.717, 1.165) is 13.0 Å². The van der Waals surface area contributed by atoms with Crippen molar-refractivity contribution in [1.82, 2.24) is 4.90 Å². The van der Waals surface area contributed by atoms with E-state index in [2.05, 4.69) is 48.0 Å². The van der Waals surface area contributed by atoms with E-state index in [1.807, 2.05) is 41.3 Å². The van der Waals surface area contributed by atoms with Gasteiger partial charge < -0.3 is 4.90 Å². The van der Waals surface area contributed by atoms with E-state index in [9.17, 15) is 4.79 Å². The summed E-state index contributed by atoms with van der Waals surface area (Å²) in [5.41, 5.74) is 3.60. The number of hydrogen-bond acceptors (Lipinski definition) is 2. The van der Waals surface area contributed by atoms with Crippen LogP contribution in [0.1, 0.15) is 42.4 Å². The maximum Gasteiger partial charge on any atom is 0.223 e. The van der Waals surface area contributed by atoms with Crippen LogP contribution in [0.25, 0.3) is 0 Å². The molecule has 3 rings (SSSR count). The van der Waals surface area contributed by atoms with Crippen molar-refractivity contribution in [2.24, 2.45) is 0 Å². The Balaban J connectivity index is 1.81. The van der Waals surface area contributed by atoms with Gasteiger partial charge in [0, 0.05) is 25.4 Å². The van der Waals surface area contributed by atoms with Gasteiger partial charge in [-0.15, -0.1) is 0 Å². The molecule has 26 heavy (non-hydrogen) atoms. The smallest absolute Gasteiger partial charge is 0.223 e. The van der Waals surface area contributed by atoms with Gasteiger partial charge in [0.1, 0.15) is 0 Å². The first kappa shape index (κ1) is 18.4. The quantitative estimate of drug-likeness (QED) is 0.502. The number of hydrogen-bond donors (Lipinski definition) is 0. The summed E-state index contributed by atoms with van der Waals surface area (Å²) in [6.07, 6.45) is 1.47. The van der Waals surface area contributed by atoms with Crippen LogP contribution >= 0.6 is 11.3 Å². The highest BCUT2D eigenvalue weighted by Gasteiger charge is 2.22. The van der Waals surface area contributed by atoms with Gasteiger partial charge in [-0.25, -0.2) is 0 Å². The Morgan fingerprint density at radius 1 is 0.962 bits per heavy atom. The van der Waals surface area contributed by atoms with Crippen molar-refractivity contribution in [3.05, 3.63) is 94.2 Å². The molecule has 1 heterocycles. The third-order valence-corrected chi connectivity index (χ3v) is 5.31. The molecule has 0 radical (unpaired) electrons. The van der Waals surface area contributed by atoms with Crippen molar-refractivity contribution in [1.29, 1.82) is 0 Å². The number of carbonyl (C=O) groups is 1. The van der Waals surface area contributed by atoms with Crippen LogP contribution in [0.2, 0.25) is 0 Å². The van der Waals surface area contributed by atoms with Crippen LogP contribution in [0.5, 0.6) is 0 Å². The molecular formula is C23H25NOS. The summed E-state index contributed by atoms with van der Waals surface area (Å²) >= 11 is 1.68. The van der Waals surface area contributed by atoms with Gasteiger partial charge in [-0.05, 0) is 39.9 Å². The normalized spacial score (nSPS) is 10.8. The molecule has 0 aliphatic carbocycles. The second kappa shape index (κ2) is 9.35. The molecule has 0 N–H and O–H groups in total. The molecule has 0 bridgehead atoms. The third kappa shape index (κ3) is 4.83. The van der Waals surface area contributed by atoms with Crippen molar-refractivity contribution >= 4 is 17.2 Å². The second-order valence-corrected chi connectivity index (χ2v) is 7.31. The number of benzene rings is 2. The highest BCUT2D eigenvalue weighted by Crippen LogP contribution is 2.29. The van der Waals surface area contributed by atoms with Crippen LogP contribution in [-0.2, 0) is 11.3 Å². The lowest BCUT2D eigenvalue weighted by atomic mass is 9.88. The molecular weight excluding hydrogens is 338 g/mol. The van der Waals surface area contributed by atoms with Crippen LogP contribution < -0.4 is 0 Å². The minimum atomic E-state index is 0.0896. The fourth-order valence-corrected chi connectivity index (χ4v) is 3.93. The number of rotatable bonds is 8. The van der Waals surface area contributed by atoms with Gasteiger partial charge in [-0.2, -0.15) is 11.3 Å². The van der Waals surface area contributed by atoms with Crippen molar-refractivity contribution in [3.8, 4) is 0 Å². The highest BCUT2D eigenvalue weighted by molar-refractivity contribution is 7.07. The third-order valence-electron chi connectivity index (χ3n) is 4.58. The first-order valence-electron chi connectivity index (χ1n) is 9.16. The highest BCUT2D eigenvalue weighted by atomic mass is 32.1. The molecule has 1 amide bonds. The summed E-state index contributed by atoms with van der Waals surface area (Å²) < 4.78 is 0. The first-order valence-corrected chi connectivity index (χ1v) is 10.1. The van der Waals surface area contributed by atoms with Crippen LogP contribution in [0.15, 0.2) is 77.5 Å². The van der Waals surface area contributed by atoms with Gasteiger partial charge in [0.2, 0.25) is 5.91 Å². The molecule has 1 aromatic heterocycles. The monoisotopic (exact) mass is 363 g/mol. The molecule has 0 saturated carbocycles. The van der Waals surface area contributed by atoms with Crippen molar-refractivity contribution in [2.45, 2.75) is 32.2 Å². The fourth-order valence-electron chi connectivity index (χ4n) is 3.27. The lowest BCUT2D eigenvalue weighted by Crippen LogP contribution is -2.32.